The van der Waals surface area contributed by atoms with Crippen LogP contribution in [-0.2, 0) is 6.54 Å². The van der Waals surface area contributed by atoms with Crippen LogP contribution in [0, 0.1) is 0 Å². The van der Waals surface area contributed by atoms with Gasteiger partial charge in [-0.3, -0.25) is 0 Å². The summed E-state index contributed by atoms with van der Waals surface area (Å²) < 4.78 is 6.55. The van der Waals surface area contributed by atoms with Crippen LogP contribution in [0.25, 0.3) is 0 Å². The van der Waals surface area contributed by atoms with Crippen LogP contribution in [-0.4, -0.2) is 13.2 Å². The van der Waals surface area contributed by atoms with Crippen LogP contribution in [0.2, 0.25) is 0 Å². The fourth-order valence-corrected chi connectivity index (χ4v) is 2.73. The van der Waals surface area contributed by atoms with Gasteiger partial charge < -0.3 is 10.1 Å². The molecule has 0 atom stereocenters. The Morgan fingerprint density at radius 1 is 1.05 bits per heavy atom. The smallest absolute Gasteiger partial charge is 0.133 e. The summed E-state index contributed by atoms with van der Waals surface area (Å²) in [6.07, 6.45) is 8.10. The molecule has 114 valence electrons. The summed E-state index contributed by atoms with van der Waals surface area (Å²) in [7, 11) is 0. The van der Waals surface area contributed by atoms with Gasteiger partial charge in [0.1, 0.15) is 5.75 Å². The Morgan fingerprint density at radius 3 is 2.50 bits per heavy atom. The van der Waals surface area contributed by atoms with Gasteiger partial charge in [-0.15, -0.1) is 0 Å². The first kappa shape index (κ1) is 17.5. The molecule has 0 aliphatic carbocycles. The third kappa shape index (κ3) is 7.30. The van der Waals surface area contributed by atoms with Crippen LogP contribution in [0.3, 0.4) is 0 Å². The molecule has 0 spiro atoms. The molecule has 0 aliphatic rings. The van der Waals surface area contributed by atoms with Crippen molar-refractivity contribution in [2.75, 3.05) is 13.2 Å². The minimum atomic E-state index is 0.703. The second-order valence-corrected chi connectivity index (χ2v) is 6.00. The van der Waals surface area contributed by atoms with E-state index in [0.29, 0.717) is 6.61 Å². The van der Waals surface area contributed by atoms with Crippen LogP contribution in [0.15, 0.2) is 22.7 Å². The Labute approximate surface area is 132 Å². The van der Waals surface area contributed by atoms with Gasteiger partial charge in [-0.1, -0.05) is 45.1 Å². The lowest BCUT2D eigenvalue weighted by Crippen LogP contribution is -2.14. The van der Waals surface area contributed by atoms with Crippen molar-refractivity contribution in [1.82, 2.24) is 5.32 Å². The predicted molar refractivity (Wildman–Crippen MR) is 90.4 cm³/mol. The van der Waals surface area contributed by atoms with Gasteiger partial charge in [-0.05, 0) is 53.5 Å². The zero-order valence-electron chi connectivity index (χ0n) is 12.9. The van der Waals surface area contributed by atoms with Gasteiger partial charge in [0.2, 0.25) is 0 Å². The molecule has 0 heterocycles. The van der Waals surface area contributed by atoms with Gasteiger partial charge in [-0.25, -0.2) is 0 Å². The van der Waals surface area contributed by atoms with E-state index in [0.717, 1.165) is 23.3 Å². The number of ether oxygens (including phenoxy) is 1. The molecule has 2 nitrogen and oxygen atoms in total. The number of hydrogen-bond acceptors (Lipinski definition) is 2. The normalized spacial score (nSPS) is 10.8. The largest absolute Gasteiger partial charge is 0.493 e. The summed E-state index contributed by atoms with van der Waals surface area (Å²) in [5.41, 5.74) is 1.30. The van der Waals surface area contributed by atoms with E-state index in [1.807, 2.05) is 13.0 Å². The number of nitrogens with one attached hydrogen (secondary N) is 1. The first-order valence-electron chi connectivity index (χ1n) is 7.89. The molecule has 3 heteroatoms. The maximum Gasteiger partial charge on any atom is 0.133 e. The first-order valence-corrected chi connectivity index (χ1v) is 8.69. The molecule has 1 rings (SSSR count). The van der Waals surface area contributed by atoms with E-state index in [1.54, 1.807) is 0 Å². The molecular formula is C17H28BrNO. The molecule has 0 aromatic heterocycles. The van der Waals surface area contributed by atoms with Gasteiger partial charge >= 0.3 is 0 Å². The molecule has 0 saturated carbocycles. The second kappa shape index (κ2) is 11.2. The highest BCUT2D eigenvalue weighted by Crippen LogP contribution is 2.25. The Kier molecular flexibility index (Phi) is 9.77. The molecule has 0 bridgehead atoms. The molecule has 0 saturated heterocycles. The van der Waals surface area contributed by atoms with Crippen molar-refractivity contribution < 1.29 is 4.74 Å². The summed E-state index contributed by atoms with van der Waals surface area (Å²) in [6.45, 7) is 7.00. The summed E-state index contributed by atoms with van der Waals surface area (Å²) in [5.74, 6) is 0.923. The summed E-state index contributed by atoms with van der Waals surface area (Å²) >= 11 is 3.55. The number of hydrogen-bond donors (Lipinski definition) is 1. The third-order valence-electron chi connectivity index (χ3n) is 3.33. The zero-order chi connectivity index (χ0) is 14.6. The minimum Gasteiger partial charge on any atom is -0.493 e. The molecule has 0 amide bonds. The van der Waals surface area contributed by atoms with Crippen LogP contribution in [0.4, 0.5) is 0 Å². The minimum absolute atomic E-state index is 0.703. The molecule has 1 aromatic rings. The van der Waals surface area contributed by atoms with Crippen LogP contribution >= 0.6 is 15.9 Å². The molecule has 0 unspecified atom stereocenters. The van der Waals surface area contributed by atoms with E-state index in [1.165, 1.54) is 44.1 Å². The summed E-state index contributed by atoms with van der Waals surface area (Å²) in [5, 5.41) is 3.51. The Bertz CT molecular complexity index is 368. The topological polar surface area (TPSA) is 21.3 Å². The Hall–Kier alpha value is -0.540. The van der Waals surface area contributed by atoms with Gasteiger partial charge in [0, 0.05) is 6.54 Å². The maximum atomic E-state index is 5.51. The van der Waals surface area contributed by atoms with Crippen molar-refractivity contribution in [3.8, 4) is 5.75 Å². The number of unbranched alkanes of at least 4 members (excludes halogenated alkanes) is 5. The molecular weight excluding hydrogens is 314 g/mol. The van der Waals surface area contributed by atoms with Crippen molar-refractivity contribution in [2.24, 2.45) is 0 Å². The average Bonchev–Trinajstić information content (AvgIpc) is 2.45. The van der Waals surface area contributed by atoms with Gasteiger partial charge in [0.25, 0.3) is 0 Å². The number of halogens is 1. The zero-order valence-corrected chi connectivity index (χ0v) is 14.5. The lowest BCUT2D eigenvalue weighted by atomic mass is 10.1. The van der Waals surface area contributed by atoms with Gasteiger partial charge in [-0.2, -0.15) is 0 Å². The van der Waals surface area contributed by atoms with E-state index in [2.05, 4.69) is 40.3 Å². The fraction of sp³-hybridized carbons (Fsp3) is 0.647. The number of rotatable bonds is 11. The van der Waals surface area contributed by atoms with Crippen molar-refractivity contribution in [2.45, 2.75) is 58.9 Å². The highest BCUT2D eigenvalue weighted by Gasteiger charge is 2.01. The van der Waals surface area contributed by atoms with Gasteiger partial charge in [0.15, 0.2) is 0 Å². The van der Waals surface area contributed by atoms with Crippen LogP contribution in [0.5, 0.6) is 5.75 Å². The molecule has 20 heavy (non-hydrogen) atoms. The molecule has 1 aromatic carbocycles. The maximum absolute atomic E-state index is 5.51. The van der Waals surface area contributed by atoms with Crippen molar-refractivity contribution in [1.29, 1.82) is 0 Å². The predicted octanol–water partition coefficient (Wildman–Crippen LogP) is 5.30. The van der Waals surface area contributed by atoms with Crippen molar-refractivity contribution in [3.63, 3.8) is 0 Å². The lowest BCUT2D eigenvalue weighted by Gasteiger charge is -2.09. The lowest BCUT2D eigenvalue weighted by molar-refractivity contribution is 0.338. The van der Waals surface area contributed by atoms with E-state index < -0.39 is 0 Å². The molecule has 0 fully saturated rings. The summed E-state index contributed by atoms with van der Waals surface area (Å²) in [6, 6.07) is 6.30. The first-order chi connectivity index (χ1) is 9.77. The quantitative estimate of drug-likeness (QED) is 0.551. The van der Waals surface area contributed by atoms with E-state index in [4.69, 9.17) is 4.74 Å². The average molecular weight is 342 g/mol. The number of benzene rings is 1. The summed E-state index contributed by atoms with van der Waals surface area (Å²) in [4.78, 5) is 0. The second-order valence-electron chi connectivity index (χ2n) is 5.14. The van der Waals surface area contributed by atoms with Crippen LogP contribution < -0.4 is 10.1 Å². The standard InChI is InChI=1S/C17H28BrNO/c1-3-5-6-7-8-9-12-19-14-15-10-11-17(20-4-2)16(18)13-15/h10-11,13,19H,3-9,12,14H2,1-2H3. The highest BCUT2D eigenvalue weighted by molar-refractivity contribution is 9.10. The Balaban J connectivity index is 2.14. The fourth-order valence-electron chi connectivity index (χ4n) is 2.19. The Morgan fingerprint density at radius 2 is 1.80 bits per heavy atom. The van der Waals surface area contributed by atoms with Crippen LogP contribution in [0.1, 0.15) is 57.9 Å². The van der Waals surface area contributed by atoms with Gasteiger partial charge in [0.05, 0.1) is 11.1 Å². The van der Waals surface area contributed by atoms with E-state index >= 15 is 0 Å². The molecule has 0 radical (unpaired) electrons. The van der Waals surface area contributed by atoms with E-state index in [-0.39, 0.29) is 0 Å². The molecule has 0 aliphatic heterocycles. The SMILES string of the molecule is CCCCCCCCNCc1ccc(OCC)c(Br)c1. The third-order valence-corrected chi connectivity index (χ3v) is 3.95. The highest BCUT2D eigenvalue weighted by atomic mass is 79.9. The van der Waals surface area contributed by atoms with E-state index in [9.17, 15) is 0 Å². The monoisotopic (exact) mass is 341 g/mol. The molecule has 1 N–H and O–H groups in total. The van der Waals surface area contributed by atoms with Crippen molar-refractivity contribution in [3.05, 3.63) is 28.2 Å². The van der Waals surface area contributed by atoms with Crippen molar-refractivity contribution >= 4 is 15.9 Å².